The van der Waals surface area contributed by atoms with Crippen molar-refractivity contribution >= 4 is 6.09 Å². The van der Waals surface area contributed by atoms with Crippen molar-refractivity contribution < 1.29 is 9.53 Å². The third-order valence-electron chi connectivity index (χ3n) is 4.60. The predicted molar refractivity (Wildman–Crippen MR) is 82.0 cm³/mol. The highest BCUT2D eigenvalue weighted by atomic mass is 16.6. The van der Waals surface area contributed by atoms with E-state index in [1.807, 2.05) is 35.2 Å². The number of carbonyl (C=O) groups excluding carboxylic acids is 1. The Bertz CT molecular complexity index is 475. The lowest BCUT2D eigenvalue weighted by Gasteiger charge is -2.42. The highest BCUT2D eigenvalue weighted by Crippen LogP contribution is 2.32. The molecule has 0 spiro atoms. The van der Waals surface area contributed by atoms with Crippen LogP contribution in [0.15, 0.2) is 30.3 Å². The summed E-state index contributed by atoms with van der Waals surface area (Å²) in [5.41, 5.74) is 1.04. The molecule has 0 aliphatic carbocycles. The lowest BCUT2D eigenvalue weighted by Crippen LogP contribution is -2.57. The number of nitrogens with zero attached hydrogens (tertiary/aromatic N) is 2. The molecule has 2 aliphatic heterocycles. The minimum Gasteiger partial charge on any atom is -0.445 e. The van der Waals surface area contributed by atoms with Gasteiger partial charge in [0.05, 0.1) is 0 Å². The summed E-state index contributed by atoms with van der Waals surface area (Å²) in [6, 6.07) is 11.4. The first-order valence-electron chi connectivity index (χ1n) is 7.88. The van der Waals surface area contributed by atoms with Crippen molar-refractivity contribution in [2.75, 3.05) is 13.1 Å². The van der Waals surface area contributed by atoms with Crippen molar-refractivity contribution in [2.45, 2.75) is 51.4 Å². The molecule has 4 nitrogen and oxygen atoms in total. The molecule has 114 valence electrons. The maximum absolute atomic E-state index is 12.3. The molecule has 0 aromatic heterocycles. The normalized spacial score (nSPS) is 25.4. The Morgan fingerprint density at radius 3 is 2.38 bits per heavy atom. The number of hydrogen-bond acceptors (Lipinski definition) is 3. The van der Waals surface area contributed by atoms with Gasteiger partial charge < -0.3 is 9.64 Å². The van der Waals surface area contributed by atoms with Crippen LogP contribution in [0.1, 0.15) is 32.3 Å². The van der Waals surface area contributed by atoms with Gasteiger partial charge in [-0.3, -0.25) is 4.90 Å². The van der Waals surface area contributed by atoms with Gasteiger partial charge in [0.25, 0.3) is 0 Å². The predicted octanol–water partition coefficient (Wildman–Crippen LogP) is 2.88. The van der Waals surface area contributed by atoms with Crippen molar-refractivity contribution in [1.29, 1.82) is 0 Å². The Morgan fingerprint density at radius 1 is 1.19 bits per heavy atom. The molecule has 2 atom stereocenters. The van der Waals surface area contributed by atoms with Crippen molar-refractivity contribution in [3.63, 3.8) is 0 Å². The fourth-order valence-electron chi connectivity index (χ4n) is 3.74. The molecule has 2 bridgehead atoms. The first-order chi connectivity index (χ1) is 10.1. The highest BCUT2D eigenvalue weighted by Gasteiger charge is 2.42. The minimum atomic E-state index is -0.167. The first-order valence-corrected chi connectivity index (χ1v) is 7.88. The molecule has 1 amide bonds. The van der Waals surface area contributed by atoms with Gasteiger partial charge in [-0.25, -0.2) is 4.79 Å². The standard InChI is InChI=1S/C17H24N2O2/c1-13(2)19-15-8-9-16(19)11-18(10-15)17(20)21-12-14-6-4-3-5-7-14/h3-7,13,15-16H,8-12H2,1-2H3/t15-,16+. The van der Waals surface area contributed by atoms with Gasteiger partial charge in [0, 0.05) is 31.2 Å². The summed E-state index contributed by atoms with van der Waals surface area (Å²) in [6.45, 7) is 6.47. The smallest absolute Gasteiger partial charge is 0.410 e. The van der Waals surface area contributed by atoms with Crippen LogP contribution >= 0.6 is 0 Å². The second kappa shape index (κ2) is 6.06. The Kier molecular flexibility index (Phi) is 4.15. The number of ether oxygens (including phenoxy) is 1. The quantitative estimate of drug-likeness (QED) is 0.857. The molecule has 3 rings (SSSR count). The first kappa shape index (κ1) is 14.4. The van der Waals surface area contributed by atoms with E-state index in [-0.39, 0.29) is 6.09 Å². The van der Waals surface area contributed by atoms with E-state index in [9.17, 15) is 4.79 Å². The highest BCUT2D eigenvalue weighted by molar-refractivity contribution is 5.68. The van der Waals surface area contributed by atoms with Crippen LogP contribution in [-0.2, 0) is 11.3 Å². The molecule has 1 aromatic carbocycles. The van der Waals surface area contributed by atoms with E-state index in [1.165, 1.54) is 12.8 Å². The Hall–Kier alpha value is -1.55. The molecule has 1 aromatic rings. The third kappa shape index (κ3) is 3.05. The van der Waals surface area contributed by atoms with Crippen LogP contribution in [-0.4, -0.2) is 47.1 Å². The van der Waals surface area contributed by atoms with Crippen LogP contribution in [0.4, 0.5) is 4.79 Å². The molecule has 2 saturated heterocycles. The summed E-state index contributed by atoms with van der Waals surface area (Å²) in [6.07, 6.45) is 2.23. The van der Waals surface area contributed by atoms with Gasteiger partial charge in [0.2, 0.25) is 0 Å². The van der Waals surface area contributed by atoms with Crippen LogP contribution in [0, 0.1) is 0 Å². The zero-order valence-electron chi connectivity index (χ0n) is 12.9. The number of amides is 1. The topological polar surface area (TPSA) is 32.8 Å². The molecule has 0 N–H and O–H groups in total. The number of hydrogen-bond donors (Lipinski definition) is 0. The number of fused-ring (bicyclic) bond motifs is 2. The number of benzene rings is 1. The summed E-state index contributed by atoms with van der Waals surface area (Å²) >= 11 is 0. The van der Waals surface area contributed by atoms with E-state index in [1.54, 1.807) is 0 Å². The van der Waals surface area contributed by atoms with Crippen LogP contribution < -0.4 is 0 Å². The second-order valence-corrected chi connectivity index (χ2v) is 6.37. The second-order valence-electron chi connectivity index (χ2n) is 6.37. The zero-order chi connectivity index (χ0) is 14.8. The van der Waals surface area contributed by atoms with E-state index < -0.39 is 0 Å². The van der Waals surface area contributed by atoms with E-state index in [0.29, 0.717) is 24.7 Å². The van der Waals surface area contributed by atoms with E-state index >= 15 is 0 Å². The van der Waals surface area contributed by atoms with Crippen LogP contribution in [0.25, 0.3) is 0 Å². The van der Waals surface area contributed by atoms with Gasteiger partial charge in [0.1, 0.15) is 6.61 Å². The van der Waals surface area contributed by atoms with Crippen molar-refractivity contribution in [3.8, 4) is 0 Å². The summed E-state index contributed by atoms with van der Waals surface area (Å²) in [7, 11) is 0. The Labute approximate surface area is 126 Å². The van der Waals surface area contributed by atoms with Gasteiger partial charge in [-0.2, -0.15) is 0 Å². The lowest BCUT2D eigenvalue weighted by atomic mass is 10.1. The van der Waals surface area contributed by atoms with E-state index in [2.05, 4.69) is 18.7 Å². The van der Waals surface area contributed by atoms with Gasteiger partial charge in [-0.05, 0) is 32.3 Å². The largest absolute Gasteiger partial charge is 0.445 e. The van der Waals surface area contributed by atoms with Crippen molar-refractivity contribution in [1.82, 2.24) is 9.80 Å². The number of rotatable bonds is 3. The Balaban J connectivity index is 1.55. The molecule has 2 heterocycles. The molecule has 0 saturated carbocycles. The molecule has 0 unspecified atom stereocenters. The lowest BCUT2D eigenvalue weighted by molar-refractivity contribution is 0.0289. The molecule has 4 heteroatoms. The third-order valence-corrected chi connectivity index (χ3v) is 4.60. The minimum absolute atomic E-state index is 0.167. The summed E-state index contributed by atoms with van der Waals surface area (Å²) in [4.78, 5) is 16.7. The molecule has 2 aliphatic rings. The average Bonchev–Trinajstić information content (AvgIpc) is 2.77. The van der Waals surface area contributed by atoms with Crippen LogP contribution in [0.5, 0.6) is 0 Å². The van der Waals surface area contributed by atoms with Gasteiger partial charge in [-0.1, -0.05) is 30.3 Å². The van der Waals surface area contributed by atoms with E-state index in [4.69, 9.17) is 4.74 Å². The van der Waals surface area contributed by atoms with Crippen LogP contribution in [0.2, 0.25) is 0 Å². The number of piperazine rings is 1. The van der Waals surface area contributed by atoms with Gasteiger partial charge >= 0.3 is 6.09 Å². The molecule has 21 heavy (non-hydrogen) atoms. The molecular weight excluding hydrogens is 264 g/mol. The fourth-order valence-corrected chi connectivity index (χ4v) is 3.74. The van der Waals surface area contributed by atoms with Gasteiger partial charge in [0.15, 0.2) is 0 Å². The summed E-state index contributed by atoms with van der Waals surface area (Å²) in [5, 5.41) is 0. The molecule has 2 fully saturated rings. The monoisotopic (exact) mass is 288 g/mol. The van der Waals surface area contributed by atoms with E-state index in [0.717, 1.165) is 18.7 Å². The SMILES string of the molecule is CC(C)N1[C@@H]2CC[C@H]1CN(C(=O)OCc1ccccc1)C2. The molecular formula is C17H24N2O2. The summed E-state index contributed by atoms with van der Waals surface area (Å²) < 4.78 is 5.46. The number of likely N-dealkylation sites (tertiary alicyclic amines) is 1. The fraction of sp³-hybridized carbons (Fsp3) is 0.588. The van der Waals surface area contributed by atoms with Crippen LogP contribution in [0.3, 0.4) is 0 Å². The summed E-state index contributed by atoms with van der Waals surface area (Å²) in [5.74, 6) is 0. The van der Waals surface area contributed by atoms with Gasteiger partial charge in [-0.15, -0.1) is 0 Å². The van der Waals surface area contributed by atoms with Crippen molar-refractivity contribution in [2.24, 2.45) is 0 Å². The zero-order valence-corrected chi connectivity index (χ0v) is 12.9. The average molecular weight is 288 g/mol. The number of carbonyl (C=O) groups is 1. The maximum atomic E-state index is 12.3. The maximum Gasteiger partial charge on any atom is 0.410 e. The Morgan fingerprint density at radius 2 is 1.81 bits per heavy atom. The molecule has 0 radical (unpaired) electrons. The van der Waals surface area contributed by atoms with Crippen molar-refractivity contribution in [3.05, 3.63) is 35.9 Å².